The zero-order valence-electron chi connectivity index (χ0n) is 10.5. The Bertz CT molecular complexity index is 450. The molecule has 1 fully saturated rings. The number of hydrogen-bond donors (Lipinski definition) is 0. The molecule has 0 radical (unpaired) electrons. The third-order valence-corrected chi connectivity index (χ3v) is 3.54. The van der Waals surface area contributed by atoms with Gasteiger partial charge in [-0.05, 0) is 18.2 Å². The molecular formula is C16H17NO. The van der Waals surface area contributed by atoms with Crippen molar-refractivity contribution in [2.45, 2.75) is 12.3 Å². The van der Waals surface area contributed by atoms with Crippen LogP contribution in [0.3, 0.4) is 0 Å². The lowest BCUT2D eigenvalue weighted by Gasteiger charge is -2.23. The molecule has 0 unspecified atom stereocenters. The van der Waals surface area contributed by atoms with E-state index in [1.165, 1.54) is 11.1 Å². The highest BCUT2D eigenvalue weighted by Crippen LogP contribution is 2.36. The summed E-state index contributed by atoms with van der Waals surface area (Å²) >= 11 is 0. The van der Waals surface area contributed by atoms with E-state index in [1.54, 1.807) is 0 Å². The van der Waals surface area contributed by atoms with Crippen LogP contribution in [0.25, 0.3) is 0 Å². The third kappa shape index (κ3) is 2.05. The van der Waals surface area contributed by atoms with Crippen molar-refractivity contribution in [1.29, 1.82) is 0 Å². The van der Waals surface area contributed by atoms with Gasteiger partial charge in [0.2, 0.25) is 0 Å². The summed E-state index contributed by atoms with van der Waals surface area (Å²) < 4.78 is 5.94. The lowest BCUT2D eigenvalue weighted by molar-refractivity contribution is 0.0433. The molecule has 1 heterocycles. The molecule has 0 amide bonds. The van der Waals surface area contributed by atoms with Gasteiger partial charge in [-0.1, -0.05) is 60.7 Å². The van der Waals surface area contributed by atoms with Gasteiger partial charge in [-0.15, -0.1) is 0 Å². The minimum atomic E-state index is 0.0661. The summed E-state index contributed by atoms with van der Waals surface area (Å²) in [5.41, 5.74) is 2.54. The number of nitrogens with zero attached hydrogens (tertiary/aromatic N) is 1. The minimum absolute atomic E-state index is 0.0661. The molecule has 2 atom stereocenters. The highest BCUT2D eigenvalue weighted by Gasteiger charge is 2.32. The molecule has 2 heteroatoms. The molecule has 0 N–H and O–H groups in total. The Morgan fingerprint density at radius 3 is 2.06 bits per heavy atom. The topological polar surface area (TPSA) is 12.5 Å². The molecule has 2 aromatic carbocycles. The second kappa shape index (κ2) is 4.92. The molecule has 0 aliphatic carbocycles. The minimum Gasteiger partial charge on any atom is -0.357 e. The fraction of sp³-hybridized carbons (Fsp3) is 0.250. The van der Waals surface area contributed by atoms with Crippen molar-refractivity contribution in [3.05, 3.63) is 71.8 Å². The third-order valence-electron chi connectivity index (χ3n) is 3.54. The summed E-state index contributed by atoms with van der Waals surface area (Å²) in [6.45, 7) is 0.750. The van der Waals surface area contributed by atoms with Gasteiger partial charge in [-0.3, -0.25) is 4.90 Å². The van der Waals surface area contributed by atoms with Crippen molar-refractivity contribution < 1.29 is 4.74 Å². The Morgan fingerprint density at radius 1 is 0.889 bits per heavy atom. The Morgan fingerprint density at radius 2 is 1.44 bits per heavy atom. The average Bonchev–Trinajstić information content (AvgIpc) is 2.83. The van der Waals surface area contributed by atoms with Gasteiger partial charge in [-0.25, -0.2) is 0 Å². The van der Waals surface area contributed by atoms with Gasteiger partial charge >= 0.3 is 0 Å². The Kier molecular flexibility index (Phi) is 3.13. The number of benzene rings is 2. The van der Waals surface area contributed by atoms with Crippen LogP contribution < -0.4 is 0 Å². The van der Waals surface area contributed by atoms with E-state index in [2.05, 4.69) is 60.5 Å². The van der Waals surface area contributed by atoms with Crippen LogP contribution >= 0.6 is 0 Å². The van der Waals surface area contributed by atoms with Crippen molar-refractivity contribution >= 4 is 0 Å². The van der Waals surface area contributed by atoms with E-state index < -0.39 is 0 Å². The molecule has 0 spiro atoms. The van der Waals surface area contributed by atoms with Crippen molar-refractivity contribution in [1.82, 2.24) is 4.90 Å². The molecule has 0 aromatic heterocycles. The maximum atomic E-state index is 5.94. The molecular weight excluding hydrogens is 222 g/mol. The van der Waals surface area contributed by atoms with E-state index in [9.17, 15) is 0 Å². The summed E-state index contributed by atoms with van der Waals surface area (Å²) in [4.78, 5) is 2.30. The zero-order valence-corrected chi connectivity index (χ0v) is 10.5. The highest BCUT2D eigenvalue weighted by molar-refractivity contribution is 5.23. The quantitative estimate of drug-likeness (QED) is 0.796. The van der Waals surface area contributed by atoms with E-state index in [0.29, 0.717) is 6.04 Å². The first-order valence-corrected chi connectivity index (χ1v) is 6.29. The van der Waals surface area contributed by atoms with Gasteiger partial charge in [0.05, 0.1) is 12.6 Å². The number of hydrogen-bond acceptors (Lipinski definition) is 2. The summed E-state index contributed by atoms with van der Waals surface area (Å²) in [5.74, 6) is 0. The summed E-state index contributed by atoms with van der Waals surface area (Å²) in [5, 5.41) is 0. The smallest absolute Gasteiger partial charge is 0.137 e. The molecule has 0 saturated carbocycles. The van der Waals surface area contributed by atoms with Crippen molar-refractivity contribution in [2.24, 2.45) is 0 Å². The SMILES string of the molecule is CN1[C@H](c2ccccc2)CO[C@H]1c1ccccc1. The van der Waals surface area contributed by atoms with Crippen LogP contribution in [0.1, 0.15) is 23.4 Å². The number of ether oxygens (including phenoxy) is 1. The van der Waals surface area contributed by atoms with E-state index >= 15 is 0 Å². The first-order chi connectivity index (χ1) is 8.86. The van der Waals surface area contributed by atoms with Gasteiger partial charge in [0.1, 0.15) is 6.23 Å². The van der Waals surface area contributed by atoms with Crippen molar-refractivity contribution in [3.8, 4) is 0 Å². The van der Waals surface area contributed by atoms with Gasteiger partial charge < -0.3 is 4.74 Å². The Hall–Kier alpha value is -1.64. The molecule has 3 rings (SSSR count). The van der Waals surface area contributed by atoms with Crippen molar-refractivity contribution in [3.63, 3.8) is 0 Å². The number of likely N-dealkylation sites (N-methyl/N-ethyl adjacent to an activating group) is 1. The Labute approximate surface area is 108 Å². The predicted molar refractivity (Wildman–Crippen MR) is 72.1 cm³/mol. The van der Waals surface area contributed by atoms with Crippen LogP contribution in [0, 0.1) is 0 Å². The second-order valence-electron chi connectivity index (χ2n) is 4.69. The van der Waals surface area contributed by atoms with Crippen LogP contribution in [-0.4, -0.2) is 18.6 Å². The maximum absolute atomic E-state index is 5.94. The van der Waals surface area contributed by atoms with E-state index in [1.807, 2.05) is 12.1 Å². The van der Waals surface area contributed by atoms with Crippen LogP contribution in [-0.2, 0) is 4.74 Å². The fourth-order valence-corrected chi connectivity index (χ4v) is 2.54. The van der Waals surface area contributed by atoms with Gasteiger partial charge in [0.15, 0.2) is 0 Å². The standard InChI is InChI=1S/C16H17NO/c1-17-15(13-8-4-2-5-9-13)12-18-16(17)14-10-6-3-7-11-14/h2-11,15-16H,12H2,1H3/t15-,16-/m0/s1. The molecule has 1 aliphatic heterocycles. The van der Waals surface area contributed by atoms with Gasteiger partial charge in [0.25, 0.3) is 0 Å². The van der Waals surface area contributed by atoms with Crippen LogP contribution in [0.5, 0.6) is 0 Å². The van der Waals surface area contributed by atoms with Crippen LogP contribution in [0.2, 0.25) is 0 Å². The molecule has 18 heavy (non-hydrogen) atoms. The molecule has 1 aliphatic rings. The van der Waals surface area contributed by atoms with Gasteiger partial charge in [-0.2, -0.15) is 0 Å². The fourth-order valence-electron chi connectivity index (χ4n) is 2.54. The average molecular weight is 239 g/mol. The second-order valence-corrected chi connectivity index (χ2v) is 4.69. The monoisotopic (exact) mass is 239 g/mol. The lowest BCUT2D eigenvalue weighted by Crippen LogP contribution is -2.22. The molecule has 0 bridgehead atoms. The molecule has 2 aromatic rings. The lowest BCUT2D eigenvalue weighted by atomic mass is 10.1. The molecule has 1 saturated heterocycles. The number of rotatable bonds is 2. The largest absolute Gasteiger partial charge is 0.357 e. The summed E-state index contributed by atoms with van der Waals surface area (Å²) in [7, 11) is 2.13. The van der Waals surface area contributed by atoms with Crippen LogP contribution in [0.15, 0.2) is 60.7 Å². The normalized spacial score (nSPS) is 24.3. The predicted octanol–water partition coefficient (Wildman–Crippen LogP) is 3.39. The van der Waals surface area contributed by atoms with E-state index in [0.717, 1.165) is 6.61 Å². The Balaban J connectivity index is 1.83. The highest BCUT2D eigenvalue weighted by atomic mass is 16.5. The van der Waals surface area contributed by atoms with Gasteiger partial charge in [0, 0.05) is 0 Å². The maximum Gasteiger partial charge on any atom is 0.137 e. The first kappa shape index (κ1) is 11.5. The summed E-state index contributed by atoms with van der Waals surface area (Å²) in [6, 6.07) is 21.3. The van der Waals surface area contributed by atoms with Crippen molar-refractivity contribution in [2.75, 3.05) is 13.7 Å². The zero-order chi connectivity index (χ0) is 12.4. The molecule has 92 valence electrons. The van der Waals surface area contributed by atoms with E-state index in [4.69, 9.17) is 4.74 Å². The first-order valence-electron chi connectivity index (χ1n) is 6.29. The van der Waals surface area contributed by atoms with Crippen LogP contribution in [0.4, 0.5) is 0 Å². The van der Waals surface area contributed by atoms with E-state index in [-0.39, 0.29) is 6.23 Å². The summed E-state index contributed by atoms with van der Waals surface area (Å²) in [6.07, 6.45) is 0.0661. The molecule has 2 nitrogen and oxygen atoms in total.